The minimum Gasteiger partial charge on any atom is -0.506 e. The first-order chi connectivity index (χ1) is 7.40. The number of nitrogens with zero attached hydrogens (tertiary/aromatic N) is 1. The fourth-order valence-electron chi connectivity index (χ4n) is 1.27. The Hall–Kier alpha value is -1.60. The molecule has 1 aliphatic rings. The zero-order valence-electron chi connectivity index (χ0n) is 7.75. The van der Waals surface area contributed by atoms with E-state index < -0.39 is 16.1 Å². The number of anilines is 1. The summed E-state index contributed by atoms with van der Waals surface area (Å²) in [6.45, 7) is 0. The van der Waals surface area contributed by atoms with Gasteiger partial charge in [-0.25, -0.2) is 9.03 Å². The highest BCUT2D eigenvalue weighted by Gasteiger charge is 2.30. The molecular formula is C8H7ClN2O4S. The molecule has 8 heteroatoms. The Morgan fingerprint density at radius 1 is 1.31 bits per heavy atom. The van der Waals surface area contributed by atoms with Crippen LogP contribution in [0.3, 0.4) is 0 Å². The predicted molar refractivity (Wildman–Crippen MR) is 58.4 cm³/mol. The summed E-state index contributed by atoms with van der Waals surface area (Å²) in [4.78, 5) is 0. The van der Waals surface area contributed by atoms with Gasteiger partial charge in [0.2, 0.25) is 5.88 Å². The number of halogens is 1. The summed E-state index contributed by atoms with van der Waals surface area (Å²) in [6.07, 6.45) is 0.943. The van der Waals surface area contributed by atoms with Crippen molar-refractivity contribution >= 4 is 27.5 Å². The summed E-state index contributed by atoms with van der Waals surface area (Å²) in [6, 6.07) is 3.96. The summed E-state index contributed by atoms with van der Waals surface area (Å²) in [5.41, 5.74) is 0.000880. The number of hydrogen-bond acceptors (Lipinski definition) is 4. The van der Waals surface area contributed by atoms with Crippen LogP contribution in [0.4, 0.5) is 5.69 Å². The molecule has 1 aromatic rings. The molecule has 0 spiro atoms. The van der Waals surface area contributed by atoms with E-state index in [9.17, 15) is 13.5 Å². The van der Waals surface area contributed by atoms with Gasteiger partial charge in [-0.1, -0.05) is 11.6 Å². The van der Waals surface area contributed by atoms with Crippen molar-refractivity contribution in [3.05, 3.63) is 35.3 Å². The molecule has 1 aromatic carbocycles. The van der Waals surface area contributed by atoms with Crippen LogP contribution < -0.4 is 9.03 Å². The lowest BCUT2D eigenvalue weighted by molar-refractivity contribution is 0.392. The fourth-order valence-corrected chi connectivity index (χ4v) is 2.50. The Kier molecular flexibility index (Phi) is 2.36. The minimum absolute atomic E-state index is 0.000880. The molecule has 0 fully saturated rings. The zero-order valence-corrected chi connectivity index (χ0v) is 9.33. The Bertz CT molecular complexity index is 569. The molecule has 86 valence electrons. The summed E-state index contributed by atoms with van der Waals surface area (Å²) >= 11 is 5.61. The van der Waals surface area contributed by atoms with Gasteiger partial charge in [-0.2, -0.15) is 8.42 Å². The summed E-state index contributed by atoms with van der Waals surface area (Å²) in [7, 11) is -3.89. The first-order valence-electron chi connectivity index (χ1n) is 4.11. The van der Waals surface area contributed by atoms with Crippen molar-refractivity contribution in [3.8, 4) is 5.75 Å². The van der Waals surface area contributed by atoms with E-state index in [1.165, 1.54) is 18.2 Å². The molecule has 1 aliphatic heterocycles. The quantitative estimate of drug-likeness (QED) is 0.706. The molecule has 0 radical (unpaired) electrons. The molecule has 0 unspecified atom stereocenters. The Labute approximate surface area is 96.6 Å². The molecule has 1 heterocycles. The monoisotopic (exact) mass is 262 g/mol. The van der Waals surface area contributed by atoms with Gasteiger partial charge in [0.15, 0.2) is 0 Å². The summed E-state index contributed by atoms with van der Waals surface area (Å²) in [5, 5.41) is 18.9. The molecule has 0 atom stereocenters. The molecular weight excluding hydrogens is 256 g/mol. The maximum atomic E-state index is 11.5. The molecule has 6 nitrogen and oxygen atoms in total. The van der Waals surface area contributed by atoms with Crippen molar-refractivity contribution in [2.45, 2.75) is 0 Å². The fraction of sp³-hybridized carbons (Fsp3) is 0. The van der Waals surface area contributed by atoms with E-state index in [4.69, 9.17) is 16.7 Å². The largest absolute Gasteiger partial charge is 0.506 e. The van der Waals surface area contributed by atoms with Crippen LogP contribution in [0.25, 0.3) is 0 Å². The van der Waals surface area contributed by atoms with Gasteiger partial charge >= 0.3 is 10.2 Å². The highest BCUT2D eigenvalue weighted by atomic mass is 35.5. The number of benzene rings is 1. The van der Waals surface area contributed by atoms with Crippen LogP contribution in [0.2, 0.25) is 5.02 Å². The number of phenols is 1. The Morgan fingerprint density at radius 3 is 2.50 bits per heavy atom. The van der Waals surface area contributed by atoms with Gasteiger partial charge in [-0.05, 0) is 12.1 Å². The number of phenolic OH excluding ortho intramolecular Hbond substituents is 1. The van der Waals surface area contributed by atoms with E-state index in [0.717, 1.165) is 6.20 Å². The van der Waals surface area contributed by atoms with Crippen LogP contribution in [0.5, 0.6) is 5.75 Å². The summed E-state index contributed by atoms with van der Waals surface area (Å²) in [5.74, 6) is -0.821. The maximum Gasteiger partial charge on any atom is 0.330 e. The van der Waals surface area contributed by atoms with E-state index in [2.05, 4.69) is 0 Å². The number of aliphatic hydroxyl groups is 1. The van der Waals surface area contributed by atoms with Crippen molar-refractivity contribution in [3.63, 3.8) is 0 Å². The number of hydrogen-bond donors (Lipinski definition) is 3. The minimum atomic E-state index is -3.89. The first-order valence-corrected chi connectivity index (χ1v) is 5.93. The number of aromatic hydroxyl groups is 1. The Morgan fingerprint density at radius 2 is 2.00 bits per heavy atom. The van der Waals surface area contributed by atoms with E-state index in [0.29, 0.717) is 4.31 Å². The second-order valence-electron chi connectivity index (χ2n) is 3.05. The molecule has 16 heavy (non-hydrogen) atoms. The number of aliphatic hydroxyl groups excluding tert-OH is 1. The number of nitrogens with one attached hydrogen (secondary N) is 1. The van der Waals surface area contributed by atoms with Crippen LogP contribution in [0.15, 0.2) is 30.3 Å². The van der Waals surface area contributed by atoms with Crippen molar-refractivity contribution in [2.75, 3.05) is 4.31 Å². The lowest BCUT2D eigenvalue weighted by Crippen LogP contribution is -2.29. The second kappa shape index (κ2) is 3.46. The van der Waals surface area contributed by atoms with Gasteiger partial charge in [0, 0.05) is 11.1 Å². The third-order valence-corrected chi connectivity index (χ3v) is 3.43. The third kappa shape index (κ3) is 1.74. The molecule has 0 saturated heterocycles. The lowest BCUT2D eigenvalue weighted by atomic mass is 10.3. The smallest absolute Gasteiger partial charge is 0.330 e. The van der Waals surface area contributed by atoms with Crippen molar-refractivity contribution in [2.24, 2.45) is 0 Å². The molecule has 0 amide bonds. The van der Waals surface area contributed by atoms with Crippen molar-refractivity contribution < 1.29 is 18.6 Å². The molecule has 0 aromatic heterocycles. The molecule has 0 bridgehead atoms. The average Bonchev–Trinajstić information content (AvgIpc) is 2.39. The SMILES string of the molecule is O=S1(=O)NC(O)=CN1c1ccc(Cl)cc1O. The number of rotatable bonds is 1. The standard InChI is InChI=1S/C8H7ClN2O4S/c9-5-1-2-6(7(12)3-5)11-4-8(13)10-16(11,14)15/h1-4,10,12-13H. The molecule has 3 N–H and O–H groups in total. The molecule has 2 rings (SSSR count). The first kappa shape index (κ1) is 10.9. The van der Waals surface area contributed by atoms with Crippen LogP contribution in [-0.4, -0.2) is 18.6 Å². The normalized spacial score (nSPS) is 18.1. The van der Waals surface area contributed by atoms with Gasteiger partial charge in [-0.15, -0.1) is 0 Å². The lowest BCUT2D eigenvalue weighted by Gasteiger charge is -2.15. The van der Waals surface area contributed by atoms with E-state index >= 15 is 0 Å². The van der Waals surface area contributed by atoms with E-state index in [1.807, 2.05) is 4.72 Å². The predicted octanol–water partition coefficient (Wildman–Crippen LogP) is 1.06. The van der Waals surface area contributed by atoms with Crippen LogP contribution in [0, 0.1) is 0 Å². The van der Waals surface area contributed by atoms with Crippen LogP contribution in [-0.2, 0) is 10.2 Å². The summed E-state index contributed by atoms with van der Waals surface area (Å²) < 4.78 is 25.5. The molecule has 0 saturated carbocycles. The average molecular weight is 263 g/mol. The maximum absolute atomic E-state index is 11.5. The van der Waals surface area contributed by atoms with Gasteiger partial charge < -0.3 is 10.2 Å². The van der Waals surface area contributed by atoms with Gasteiger partial charge in [0.25, 0.3) is 0 Å². The van der Waals surface area contributed by atoms with E-state index in [-0.39, 0.29) is 16.5 Å². The molecule has 0 aliphatic carbocycles. The Balaban J connectivity index is 2.53. The highest BCUT2D eigenvalue weighted by molar-refractivity contribution is 7.91. The van der Waals surface area contributed by atoms with Crippen molar-refractivity contribution in [1.29, 1.82) is 0 Å². The van der Waals surface area contributed by atoms with Gasteiger partial charge in [0.05, 0.1) is 6.20 Å². The second-order valence-corrected chi connectivity index (χ2v) is 5.03. The van der Waals surface area contributed by atoms with E-state index in [1.54, 1.807) is 0 Å². The highest BCUT2D eigenvalue weighted by Crippen LogP contribution is 2.33. The van der Waals surface area contributed by atoms with Crippen molar-refractivity contribution in [1.82, 2.24) is 4.72 Å². The van der Waals surface area contributed by atoms with Gasteiger partial charge in [-0.3, -0.25) is 0 Å². The zero-order chi connectivity index (χ0) is 11.9. The topological polar surface area (TPSA) is 89.9 Å². The third-order valence-electron chi connectivity index (χ3n) is 1.91. The van der Waals surface area contributed by atoms with Gasteiger partial charge in [0.1, 0.15) is 11.4 Å². The van der Waals surface area contributed by atoms with Crippen LogP contribution >= 0.6 is 11.6 Å². The van der Waals surface area contributed by atoms with Crippen LogP contribution in [0.1, 0.15) is 0 Å².